The summed E-state index contributed by atoms with van der Waals surface area (Å²) in [4.78, 5) is 3.33. The van der Waals surface area contributed by atoms with Gasteiger partial charge in [-0.25, -0.2) is 0 Å². The SMILES string of the molecule is CCCCc1cnc(C(F)(F)F)c(C#N)c1. The van der Waals surface area contributed by atoms with Crippen molar-refractivity contribution >= 4 is 0 Å². The minimum absolute atomic E-state index is 0.402. The lowest BCUT2D eigenvalue weighted by atomic mass is 10.1. The fourth-order valence-electron chi connectivity index (χ4n) is 1.34. The summed E-state index contributed by atoms with van der Waals surface area (Å²) < 4.78 is 37.2. The monoisotopic (exact) mass is 228 g/mol. The Morgan fingerprint density at radius 2 is 2.12 bits per heavy atom. The van der Waals surface area contributed by atoms with Gasteiger partial charge in [-0.15, -0.1) is 0 Å². The molecule has 0 saturated carbocycles. The number of unbranched alkanes of at least 4 members (excludes halogenated alkanes) is 1. The second-order valence-corrected chi connectivity index (χ2v) is 3.45. The summed E-state index contributed by atoms with van der Waals surface area (Å²) in [6.45, 7) is 1.99. The first-order valence-electron chi connectivity index (χ1n) is 4.95. The molecule has 1 rings (SSSR count). The molecule has 0 fully saturated rings. The van der Waals surface area contributed by atoms with Crippen molar-refractivity contribution in [3.63, 3.8) is 0 Å². The first kappa shape index (κ1) is 12.5. The van der Waals surface area contributed by atoms with Crippen LogP contribution in [0, 0.1) is 11.3 Å². The Kier molecular flexibility index (Phi) is 3.88. The molecule has 86 valence electrons. The largest absolute Gasteiger partial charge is 0.434 e. The molecular formula is C11H11F3N2. The fraction of sp³-hybridized carbons (Fsp3) is 0.455. The zero-order valence-corrected chi connectivity index (χ0v) is 8.80. The molecule has 0 N–H and O–H groups in total. The number of hydrogen-bond acceptors (Lipinski definition) is 2. The maximum absolute atomic E-state index is 12.4. The van der Waals surface area contributed by atoms with Gasteiger partial charge in [0.2, 0.25) is 0 Å². The smallest absolute Gasteiger partial charge is 0.250 e. The number of pyridine rings is 1. The second kappa shape index (κ2) is 4.97. The van der Waals surface area contributed by atoms with E-state index in [4.69, 9.17) is 5.26 Å². The van der Waals surface area contributed by atoms with Crippen LogP contribution in [0.4, 0.5) is 13.2 Å². The van der Waals surface area contributed by atoms with Gasteiger partial charge < -0.3 is 0 Å². The lowest BCUT2D eigenvalue weighted by Crippen LogP contribution is -2.11. The average Bonchev–Trinajstić information content (AvgIpc) is 2.24. The summed E-state index contributed by atoms with van der Waals surface area (Å²) in [6.07, 6.45) is -0.898. The summed E-state index contributed by atoms with van der Waals surface area (Å²) in [5.41, 5.74) is -0.831. The van der Waals surface area contributed by atoms with E-state index >= 15 is 0 Å². The number of nitrogens with zero attached hydrogens (tertiary/aromatic N) is 2. The molecule has 5 heteroatoms. The molecule has 1 heterocycles. The normalized spacial score (nSPS) is 11.2. The number of alkyl halides is 3. The van der Waals surface area contributed by atoms with Crippen LogP contribution in [-0.4, -0.2) is 4.98 Å². The maximum Gasteiger partial charge on any atom is 0.434 e. The van der Waals surface area contributed by atoms with Gasteiger partial charge in [-0.3, -0.25) is 4.98 Å². The first-order chi connectivity index (χ1) is 7.49. The molecule has 0 radical (unpaired) electrons. The predicted molar refractivity (Wildman–Crippen MR) is 52.6 cm³/mol. The number of aromatic nitrogens is 1. The zero-order valence-electron chi connectivity index (χ0n) is 8.80. The Morgan fingerprint density at radius 1 is 1.44 bits per heavy atom. The van der Waals surface area contributed by atoms with Gasteiger partial charge in [0.15, 0.2) is 5.69 Å². The molecule has 0 atom stereocenters. The molecule has 1 aromatic heterocycles. The third-order valence-corrected chi connectivity index (χ3v) is 2.15. The van der Waals surface area contributed by atoms with Crippen molar-refractivity contribution < 1.29 is 13.2 Å². The molecule has 0 aliphatic carbocycles. The molecule has 1 aromatic rings. The molecule has 0 aliphatic rings. The van der Waals surface area contributed by atoms with Gasteiger partial charge in [0.1, 0.15) is 6.07 Å². The summed E-state index contributed by atoms with van der Waals surface area (Å²) >= 11 is 0. The Balaban J connectivity index is 3.04. The van der Waals surface area contributed by atoms with Crippen LogP contribution in [-0.2, 0) is 12.6 Å². The van der Waals surface area contributed by atoms with E-state index in [1.807, 2.05) is 6.92 Å². The van der Waals surface area contributed by atoms with Crippen LogP contribution in [0.25, 0.3) is 0 Å². The van der Waals surface area contributed by atoms with Gasteiger partial charge in [-0.05, 0) is 24.5 Å². The molecule has 0 amide bonds. The van der Waals surface area contributed by atoms with E-state index in [2.05, 4.69) is 4.98 Å². The van der Waals surface area contributed by atoms with Crippen molar-refractivity contribution in [2.24, 2.45) is 0 Å². The van der Waals surface area contributed by atoms with Gasteiger partial charge in [-0.1, -0.05) is 13.3 Å². The standard InChI is InChI=1S/C11H11F3N2/c1-2-3-4-8-5-9(6-15)10(16-7-8)11(12,13)14/h5,7H,2-4H2,1H3. The van der Waals surface area contributed by atoms with E-state index in [0.717, 1.165) is 12.8 Å². The van der Waals surface area contributed by atoms with E-state index in [9.17, 15) is 13.2 Å². The van der Waals surface area contributed by atoms with Gasteiger partial charge in [-0.2, -0.15) is 18.4 Å². The third-order valence-electron chi connectivity index (χ3n) is 2.15. The van der Waals surface area contributed by atoms with Crippen LogP contribution in [0.15, 0.2) is 12.3 Å². The van der Waals surface area contributed by atoms with Crippen LogP contribution in [0.3, 0.4) is 0 Å². The number of aryl methyl sites for hydroxylation is 1. The number of hydrogen-bond donors (Lipinski definition) is 0. The van der Waals surface area contributed by atoms with Crippen molar-refractivity contribution in [2.45, 2.75) is 32.4 Å². The number of halogens is 3. The molecule has 0 bridgehead atoms. The minimum atomic E-state index is -4.56. The van der Waals surface area contributed by atoms with E-state index < -0.39 is 17.4 Å². The van der Waals surface area contributed by atoms with E-state index in [0.29, 0.717) is 12.0 Å². The van der Waals surface area contributed by atoms with Crippen molar-refractivity contribution in [3.8, 4) is 6.07 Å². The van der Waals surface area contributed by atoms with Crippen molar-refractivity contribution in [3.05, 3.63) is 29.1 Å². The third kappa shape index (κ3) is 2.96. The van der Waals surface area contributed by atoms with Gasteiger partial charge in [0.25, 0.3) is 0 Å². The Labute approximate surface area is 91.7 Å². The maximum atomic E-state index is 12.4. The molecule has 0 unspecified atom stereocenters. The molecule has 0 saturated heterocycles. The second-order valence-electron chi connectivity index (χ2n) is 3.45. The highest BCUT2D eigenvalue weighted by atomic mass is 19.4. The quantitative estimate of drug-likeness (QED) is 0.795. The van der Waals surface area contributed by atoms with Crippen molar-refractivity contribution in [1.82, 2.24) is 4.98 Å². The Hall–Kier alpha value is -1.57. The van der Waals surface area contributed by atoms with Gasteiger partial charge >= 0.3 is 6.18 Å². The van der Waals surface area contributed by atoms with E-state index in [-0.39, 0.29) is 0 Å². The summed E-state index contributed by atoms with van der Waals surface area (Å²) in [6, 6.07) is 2.81. The lowest BCUT2D eigenvalue weighted by molar-refractivity contribution is -0.141. The van der Waals surface area contributed by atoms with Gasteiger partial charge in [0.05, 0.1) is 5.56 Å². The Bertz CT molecular complexity index is 405. The van der Waals surface area contributed by atoms with Crippen molar-refractivity contribution in [1.29, 1.82) is 5.26 Å². The van der Waals surface area contributed by atoms with E-state index in [1.165, 1.54) is 18.3 Å². The van der Waals surface area contributed by atoms with Gasteiger partial charge in [0, 0.05) is 6.20 Å². The molecule has 0 aliphatic heterocycles. The highest BCUT2D eigenvalue weighted by Gasteiger charge is 2.35. The molecular weight excluding hydrogens is 217 g/mol. The van der Waals surface area contributed by atoms with Crippen LogP contribution in [0.2, 0.25) is 0 Å². The highest BCUT2D eigenvalue weighted by molar-refractivity contribution is 5.37. The summed E-state index contributed by atoms with van der Waals surface area (Å²) in [5, 5.41) is 8.64. The van der Waals surface area contributed by atoms with Crippen LogP contribution in [0.1, 0.15) is 36.6 Å². The average molecular weight is 228 g/mol. The highest BCUT2D eigenvalue weighted by Crippen LogP contribution is 2.30. The first-order valence-corrected chi connectivity index (χ1v) is 4.95. The Morgan fingerprint density at radius 3 is 2.62 bits per heavy atom. The zero-order chi connectivity index (χ0) is 12.2. The summed E-state index contributed by atoms with van der Waals surface area (Å²) in [5.74, 6) is 0. The van der Waals surface area contributed by atoms with Crippen LogP contribution in [0.5, 0.6) is 0 Å². The van der Waals surface area contributed by atoms with Crippen molar-refractivity contribution in [2.75, 3.05) is 0 Å². The minimum Gasteiger partial charge on any atom is -0.250 e. The lowest BCUT2D eigenvalue weighted by Gasteiger charge is -2.08. The van der Waals surface area contributed by atoms with Crippen LogP contribution < -0.4 is 0 Å². The molecule has 2 nitrogen and oxygen atoms in total. The number of nitriles is 1. The summed E-state index contributed by atoms with van der Waals surface area (Å²) in [7, 11) is 0. The number of rotatable bonds is 3. The van der Waals surface area contributed by atoms with Crippen LogP contribution >= 0.6 is 0 Å². The molecule has 0 aromatic carbocycles. The topological polar surface area (TPSA) is 36.7 Å². The van der Waals surface area contributed by atoms with E-state index in [1.54, 1.807) is 0 Å². The predicted octanol–water partition coefficient (Wildman–Crippen LogP) is 3.31. The molecule has 16 heavy (non-hydrogen) atoms. The molecule has 0 spiro atoms. The fourth-order valence-corrected chi connectivity index (χ4v) is 1.34.